The van der Waals surface area contributed by atoms with Gasteiger partial charge >= 0.3 is 0 Å². The summed E-state index contributed by atoms with van der Waals surface area (Å²) in [5, 5.41) is 14.7. The Hall–Kier alpha value is -3.94. The van der Waals surface area contributed by atoms with Crippen molar-refractivity contribution >= 4 is 23.3 Å². The number of aromatic nitrogens is 2. The molecule has 3 rings (SSSR count). The monoisotopic (exact) mass is 375 g/mol. The molecule has 8 heteroatoms. The van der Waals surface area contributed by atoms with Crippen LogP contribution in [0.2, 0.25) is 0 Å². The Morgan fingerprint density at radius 1 is 1.04 bits per heavy atom. The second-order valence-electron chi connectivity index (χ2n) is 6.15. The first-order chi connectivity index (χ1) is 13.4. The topological polar surface area (TPSA) is 124 Å². The van der Waals surface area contributed by atoms with E-state index in [0.29, 0.717) is 17.1 Å². The Bertz CT molecular complexity index is 1030. The normalized spacial score (nSPS) is 11.1. The zero-order valence-corrected chi connectivity index (χ0v) is 15.6. The number of carbonyl (C=O) groups excluding carboxylic acids is 1. The van der Waals surface area contributed by atoms with Gasteiger partial charge in [-0.15, -0.1) is 5.10 Å². The van der Waals surface area contributed by atoms with Crippen molar-refractivity contribution < 1.29 is 4.79 Å². The third-order valence-electron chi connectivity index (χ3n) is 4.06. The zero-order valence-electron chi connectivity index (χ0n) is 15.6. The molecule has 1 amide bonds. The molecule has 0 saturated carbocycles. The van der Waals surface area contributed by atoms with Gasteiger partial charge in [0.2, 0.25) is 5.96 Å². The molecule has 0 aliphatic heterocycles. The Morgan fingerprint density at radius 2 is 1.71 bits per heavy atom. The lowest BCUT2D eigenvalue weighted by molar-refractivity contribution is 0.102. The summed E-state index contributed by atoms with van der Waals surface area (Å²) in [6.07, 6.45) is 0. The Morgan fingerprint density at radius 3 is 2.36 bits per heavy atom. The highest BCUT2D eigenvalue weighted by Crippen LogP contribution is 2.20. The molecule has 0 aliphatic rings. The molecule has 0 radical (unpaired) electrons. The third-order valence-corrected chi connectivity index (χ3v) is 4.06. The number of hydrogen-bond donors (Lipinski definition) is 3. The summed E-state index contributed by atoms with van der Waals surface area (Å²) in [7, 11) is 1.81. The second-order valence-corrected chi connectivity index (χ2v) is 6.15. The average Bonchev–Trinajstić information content (AvgIpc) is 3.09. The molecule has 3 aromatic rings. The number of benzene rings is 2. The minimum atomic E-state index is -0.281. The van der Waals surface area contributed by atoms with Gasteiger partial charge in [0.05, 0.1) is 11.4 Å². The largest absolute Gasteiger partial charge is 0.369 e. The smallest absolute Gasteiger partial charge is 0.276 e. The van der Waals surface area contributed by atoms with Gasteiger partial charge in [0.15, 0.2) is 5.69 Å². The average molecular weight is 375 g/mol. The van der Waals surface area contributed by atoms with Gasteiger partial charge in [-0.25, -0.2) is 0 Å². The van der Waals surface area contributed by atoms with E-state index in [0.717, 1.165) is 16.8 Å². The van der Waals surface area contributed by atoms with Crippen LogP contribution in [0.4, 0.5) is 5.69 Å². The Labute approximate surface area is 162 Å². The summed E-state index contributed by atoms with van der Waals surface area (Å²) in [5.41, 5.74) is 14.9. The van der Waals surface area contributed by atoms with Gasteiger partial charge in [0.25, 0.3) is 5.91 Å². The van der Waals surface area contributed by atoms with Crippen LogP contribution in [0.25, 0.3) is 11.3 Å². The molecule has 0 bridgehead atoms. The molecule has 8 nitrogen and oxygen atoms in total. The SMILES string of the molecule is C/C(=N\N=C(N)N)c1ccc(NC(=O)c2cc(-c3ccccc3)n(C)n2)cc1. The molecule has 2 aromatic carbocycles. The second kappa shape index (κ2) is 8.17. The van der Waals surface area contributed by atoms with E-state index in [9.17, 15) is 4.79 Å². The molecular formula is C20H21N7O. The molecule has 28 heavy (non-hydrogen) atoms. The van der Waals surface area contributed by atoms with Crippen LogP contribution in [0, 0.1) is 0 Å². The summed E-state index contributed by atoms with van der Waals surface area (Å²) in [5.74, 6) is -0.384. The molecule has 5 N–H and O–H groups in total. The predicted molar refractivity (Wildman–Crippen MR) is 111 cm³/mol. The standard InChI is InChI=1S/C20H21N7O/c1-13(24-25-20(21)22)14-8-10-16(11-9-14)23-19(28)17-12-18(27(2)26-17)15-6-4-3-5-7-15/h3-12H,1-2H3,(H,23,28)(H4,21,22,25)/b24-13+. The maximum Gasteiger partial charge on any atom is 0.276 e. The van der Waals surface area contributed by atoms with Crippen LogP contribution in [0.15, 0.2) is 70.9 Å². The number of nitrogens with zero attached hydrogens (tertiary/aromatic N) is 4. The van der Waals surface area contributed by atoms with E-state index in [2.05, 4.69) is 20.6 Å². The van der Waals surface area contributed by atoms with Gasteiger partial charge in [0.1, 0.15) is 0 Å². The van der Waals surface area contributed by atoms with Crippen molar-refractivity contribution in [3.8, 4) is 11.3 Å². The maximum absolute atomic E-state index is 12.6. The molecule has 1 heterocycles. The van der Waals surface area contributed by atoms with E-state index < -0.39 is 0 Å². The van der Waals surface area contributed by atoms with Crippen LogP contribution < -0.4 is 16.8 Å². The number of anilines is 1. The highest BCUT2D eigenvalue weighted by molar-refractivity contribution is 6.04. The quantitative estimate of drug-likeness (QED) is 0.360. The van der Waals surface area contributed by atoms with Gasteiger partial charge in [-0.2, -0.15) is 10.2 Å². The van der Waals surface area contributed by atoms with Crippen LogP contribution in [-0.2, 0) is 7.05 Å². The first-order valence-electron chi connectivity index (χ1n) is 8.58. The summed E-state index contributed by atoms with van der Waals surface area (Å²) >= 11 is 0. The molecule has 0 spiro atoms. The van der Waals surface area contributed by atoms with Gasteiger partial charge in [-0.05, 0) is 36.2 Å². The van der Waals surface area contributed by atoms with Crippen LogP contribution in [0.1, 0.15) is 23.0 Å². The van der Waals surface area contributed by atoms with Crippen molar-refractivity contribution in [2.24, 2.45) is 28.7 Å². The first kappa shape index (κ1) is 18.8. The van der Waals surface area contributed by atoms with E-state index >= 15 is 0 Å². The summed E-state index contributed by atoms with van der Waals surface area (Å²) in [6.45, 7) is 1.79. The fourth-order valence-corrected chi connectivity index (χ4v) is 2.64. The zero-order chi connectivity index (χ0) is 20.1. The number of nitrogens with two attached hydrogens (primary N) is 2. The van der Waals surface area contributed by atoms with Crippen LogP contribution in [0.5, 0.6) is 0 Å². The van der Waals surface area contributed by atoms with Gasteiger partial charge < -0.3 is 16.8 Å². The molecule has 0 unspecified atom stereocenters. The highest BCUT2D eigenvalue weighted by atomic mass is 16.1. The van der Waals surface area contributed by atoms with Crippen molar-refractivity contribution in [3.63, 3.8) is 0 Å². The number of carbonyl (C=O) groups is 1. The molecule has 1 aromatic heterocycles. The Kier molecular flexibility index (Phi) is 5.50. The lowest BCUT2D eigenvalue weighted by Crippen LogP contribution is -2.22. The van der Waals surface area contributed by atoms with Crippen molar-refractivity contribution in [1.29, 1.82) is 0 Å². The minimum absolute atomic E-state index is 0.103. The molecule has 0 saturated heterocycles. The maximum atomic E-state index is 12.6. The van der Waals surface area contributed by atoms with Crippen molar-refractivity contribution in [1.82, 2.24) is 9.78 Å². The summed E-state index contributed by atoms with van der Waals surface area (Å²) in [6, 6.07) is 18.8. The lowest BCUT2D eigenvalue weighted by atomic mass is 10.1. The van der Waals surface area contributed by atoms with E-state index in [1.54, 1.807) is 29.8 Å². The number of nitrogens with one attached hydrogen (secondary N) is 1. The molecule has 142 valence electrons. The number of hydrogen-bond acceptors (Lipinski definition) is 4. The predicted octanol–water partition coefficient (Wildman–Crippen LogP) is 2.34. The van der Waals surface area contributed by atoms with Crippen LogP contribution in [0.3, 0.4) is 0 Å². The van der Waals surface area contributed by atoms with Crippen molar-refractivity contribution in [3.05, 3.63) is 71.9 Å². The third kappa shape index (κ3) is 4.42. The number of amides is 1. The Balaban J connectivity index is 1.73. The number of rotatable bonds is 5. The molecule has 0 atom stereocenters. The van der Waals surface area contributed by atoms with Gasteiger partial charge in [-0.1, -0.05) is 42.5 Å². The van der Waals surface area contributed by atoms with E-state index in [1.165, 1.54) is 0 Å². The fraction of sp³-hybridized carbons (Fsp3) is 0.100. The summed E-state index contributed by atoms with van der Waals surface area (Å²) < 4.78 is 1.69. The fourth-order valence-electron chi connectivity index (χ4n) is 2.64. The van der Waals surface area contributed by atoms with Crippen molar-refractivity contribution in [2.45, 2.75) is 6.92 Å². The molecule has 0 aliphatic carbocycles. The van der Waals surface area contributed by atoms with Crippen LogP contribution >= 0.6 is 0 Å². The van der Waals surface area contributed by atoms with Crippen LogP contribution in [-0.4, -0.2) is 27.4 Å². The number of aryl methyl sites for hydroxylation is 1. The van der Waals surface area contributed by atoms with Crippen molar-refractivity contribution in [2.75, 3.05) is 5.32 Å². The highest BCUT2D eigenvalue weighted by Gasteiger charge is 2.14. The van der Waals surface area contributed by atoms with E-state index in [-0.39, 0.29) is 11.9 Å². The van der Waals surface area contributed by atoms with Gasteiger partial charge in [0, 0.05) is 12.7 Å². The van der Waals surface area contributed by atoms with Gasteiger partial charge in [-0.3, -0.25) is 9.48 Å². The van der Waals surface area contributed by atoms with E-state index in [1.807, 2.05) is 49.5 Å². The minimum Gasteiger partial charge on any atom is -0.369 e. The lowest BCUT2D eigenvalue weighted by Gasteiger charge is -2.05. The number of guanidine groups is 1. The summed E-state index contributed by atoms with van der Waals surface area (Å²) in [4.78, 5) is 12.6. The van der Waals surface area contributed by atoms with E-state index in [4.69, 9.17) is 11.5 Å². The first-order valence-corrected chi connectivity index (χ1v) is 8.58. The molecule has 0 fully saturated rings. The molecular weight excluding hydrogens is 354 g/mol.